The van der Waals surface area contributed by atoms with Crippen LogP contribution in [-0.4, -0.2) is 38.5 Å². The number of para-hydroxylation sites is 1. The van der Waals surface area contributed by atoms with Crippen LogP contribution in [-0.2, 0) is 4.79 Å². The lowest BCUT2D eigenvalue weighted by Gasteiger charge is -2.37. The van der Waals surface area contributed by atoms with E-state index in [2.05, 4.69) is 15.5 Å². The highest BCUT2D eigenvalue weighted by Crippen LogP contribution is 2.38. The van der Waals surface area contributed by atoms with Gasteiger partial charge in [-0.25, -0.2) is 0 Å². The number of azo groups is 1. The Morgan fingerprint density at radius 1 is 1.06 bits per heavy atom. The lowest BCUT2D eigenvalue weighted by atomic mass is 10.0. The van der Waals surface area contributed by atoms with Crippen molar-refractivity contribution < 1.29 is 24.7 Å². The summed E-state index contributed by atoms with van der Waals surface area (Å²) in [5, 5.41) is 41.8. The molecule has 1 atom stereocenters. The zero-order chi connectivity index (χ0) is 23.5. The van der Waals surface area contributed by atoms with Crippen LogP contribution in [0, 0.1) is 10.1 Å². The first kappa shape index (κ1) is 21.4. The number of nitro benzene ring substituents is 1. The molecule has 33 heavy (non-hydrogen) atoms. The van der Waals surface area contributed by atoms with E-state index in [1.807, 2.05) is 0 Å². The highest BCUT2D eigenvalue weighted by atomic mass is 16.6. The molecule has 0 aliphatic carbocycles. The number of nitrogens with one attached hydrogen (secondary N) is 1. The molecular formula is C22H17N5O6. The van der Waals surface area contributed by atoms with E-state index in [-0.39, 0.29) is 17.0 Å². The molecule has 1 aliphatic rings. The molecule has 1 unspecified atom stereocenters. The number of benzene rings is 3. The van der Waals surface area contributed by atoms with E-state index in [1.165, 1.54) is 42.5 Å². The number of nitro groups is 1. The molecule has 0 saturated carbocycles. The van der Waals surface area contributed by atoms with E-state index < -0.39 is 29.5 Å². The van der Waals surface area contributed by atoms with Gasteiger partial charge in [0.25, 0.3) is 11.6 Å². The molecule has 1 amide bonds. The Bertz CT molecular complexity index is 1270. The Morgan fingerprint density at radius 3 is 2.42 bits per heavy atom. The maximum absolute atomic E-state index is 13.0. The number of carbonyl (C=O) groups is 2. The van der Waals surface area contributed by atoms with Crippen LogP contribution in [0.5, 0.6) is 5.75 Å². The second-order valence-electron chi connectivity index (χ2n) is 7.14. The normalized spacial score (nSPS) is 15.2. The van der Waals surface area contributed by atoms with Crippen molar-refractivity contribution in [2.45, 2.75) is 6.17 Å². The van der Waals surface area contributed by atoms with Crippen LogP contribution in [0.1, 0.15) is 22.1 Å². The minimum absolute atomic E-state index is 0.0762. The van der Waals surface area contributed by atoms with Gasteiger partial charge < -0.3 is 20.4 Å². The standard InChI is InChI=1S/C22H17N5O6/c28-19-10-7-14(25-24-13-5-8-15(9-6-13)27(32)33)11-17(19)21-23-18-4-2-1-3-16(18)22(31)26(21)12-20(29)30/h1-11,21,23,28H,12H2,(H,29,30). The van der Waals surface area contributed by atoms with Gasteiger partial charge in [0.2, 0.25) is 0 Å². The molecule has 0 aromatic heterocycles. The van der Waals surface area contributed by atoms with Gasteiger partial charge in [0, 0.05) is 23.4 Å². The predicted octanol–water partition coefficient (Wildman–Crippen LogP) is 4.37. The number of hydrogen-bond donors (Lipinski definition) is 3. The summed E-state index contributed by atoms with van der Waals surface area (Å²) in [4.78, 5) is 35.7. The average Bonchev–Trinajstić information content (AvgIpc) is 2.80. The summed E-state index contributed by atoms with van der Waals surface area (Å²) in [6.45, 7) is -0.585. The van der Waals surface area contributed by atoms with Crippen LogP contribution in [0.2, 0.25) is 0 Å². The summed E-state index contributed by atoms with van der Waals surface area (Å²) < 4.78 is 0. The van der Waals surface area contributed by atoms with Gasteiger partial charge >= 0.3 is 5.97 Å². The minimum atomic E-state index is -1.21. The Labute approximate surface area is 186 Å². The number of hydrogen-bond acceptors (Lipinski definition) is 8. The third-order valence-corrected chi connectivity index (χ3v) is 4.98. The van der Waals surface area contributed by atoms with E-state index in [1.54, 1.807) is 24.3 Å². The Balaban J connectivity index is 1.67. The first-order valence-electron chi connectivity index (χ1n) is 9.71. The molecule has 166 valence electrons. The summed E-state index contributed by atoms with van der Waals surface area (Å²) >= 11 is 0. The fourth-order valence-corrected chi connectivity index (χ4v) is 3.43. The summed E-state index contributed by atoms with van der Waals surface area (Å²) in [6.07, 6.45) is -0.960. The number of rotatable bonds is 6. The number of phenolic OH excluding ortho intramolecular Hbond substituents is 1. The van der Waals surface area contributed by atoms with E-state index in [0.29, 0.717) is 22.6 Å². The van der Waals surface area contributed by atoms with Crippen LogP contribution in [0.15, 0.2) is 77.0 Å². The first-order chi connectivity index (χ1) is 15.8. The van der Waals surface area contributed by atoms with Gasteiger partial charge in [0.15, 0.2) is 0 Å². The van der Waals surface area contributed by atoms with Crippen molar-refractivity contribution in [2.75, 3.05) is 11.9 Å². The molecule has 3 aromatic carbocycles. The molecule has 11 heteroatoms. The number of aromatic hydroxyl groups is 1. The third-order valence-electron chi connectivity index (χ3n) is 4.98. The lowest BCUT2D eigenvalue weighted by Crippen LogP contribution is -2.45. The second kappa shape index (κ2) is 8.75. The van der Waals surface area contributed by atoms with Gasteiger partial charge in [-0.1, -0.05) is 12.1 Å². The molecule has 11 nitrogen and oxygen atoms in total. The number of carboxylic acid groups (broad SMARTS) is 1. The van der Waals surface area contributed by atoms with Gasteiger partial charge in [-0.05, 0) is 42.5 Å². The van der Waals surface area contributed by atoms with Crippen LogP contribution in [0.25, 0.3) is 0 Å². The molecular weight excluding hydrogens is 430 g/mol. The van der Waals surface area contributed by atoms with Crippen LogP contribution >= 0.6 is 0 Å². The summed E-state index contributed by atoms with van der Waals surface area (Å²) in [6, 6.07) is 16.5. The van der Waals surface area contributed by atoms with Crippen molar-refractivity contribution in [2.24, 2.45) is 10.2 Å². The van der Waals surface area contributed by atoms with Crippen LogP contribution < -0.4 is 5.32 Å². The highest BCUT2D eigenvalue weighted by Gasteiger charge is 2.35. The molecule has 1 heterocycles. The number of fused-ring (bicyclic) bond motifs is 1. The van der Waals surface area contributed by atoms with E-state index in [9.17, 15) is 29.9 Å². The van der Waals surface area contributed by atoms with Crippen molar-refractivity contribution in [3.63, 3.8) is 0 Å². The van der Waals surface area contributed by atoms with Crippen molar-refractivity contribution in [1.82, 2.24) is 4.90 Å². The maximum atomic E-state index is 13.0. The lowest BCUT2D eigenvalue weighted by molar-refractivity contribution is -0.384. The van der Waals surface area contributed by atoms with Gasteiger partial charge in [-0.2, -0.15) is 10.2 Å². The van der Waals surface area contributed by atoms with E-state index in [4.69, 9.17) is 0 Å². The number of nitrogens with zero attached hydrogens (tertiary/aromatic N) is 4. The van der Waals surface area contributed by atoms with Crippen molar-refractivity contribution in [3.8, 4) is 5.75 Å². The molecule has 0 bridgehead atoms. The largest absolute Gasteiger partial charge is 0.508 e. The Hall–Kier alpha value is -4.80. The molecule has 3 N–H and O–H groups in total. The molecule has 0 radical (unpaired) electrons. The summed E-state index contributed by atoms with van der Waals surface area (Å²) in [7, 11) is 0. The quantitative estimate of drug-likeness (QED) is 0.287. The van der Waals surface area contributed by atoms with Crippen LogP contribution in [0.4, 0.5) is 22.7 Å². The van der Waals surface area contributed by atoms with Crippen molar-refractivity contribution in [3.05, 3.63) is 88.0 Å². The van der Waals surface area contributed by atoms with E-state index in [0.717, 1.165) is 4.90 Å². The fraction of sp³-hybridized carbons (Fsp3) is 0.0909. The summed E-state index contributed by atoms with van der Waals surface area (Å²) in [5.41, 5.74) is 1.69. The highest BCUT2D eigenvalue weighted by molar-refractivity contribution is 6.02. The monoisotopic (exact) mass is 447 g/mol. The number of carbonyl (C=O) groups excluding carboxylic acids is 1. The number of aliphatic carboxylic acids is 1. The molecule has 1 aliphatic heterocycles. The SMILES string of the molecule is O=C(O)CN1C(=O)c2ccccc2NC1c1cc(N=Nc2ccc([N+](=O)[O-])cc2)ccc1O. The Kier molecular flexibility index (Phi) is 5.68. The molecule has 3 aromatic rings. The van der Waals surface area contributed by atoms with Crippen LogP contribution in [0.3, 0.4) is 0 Å². The Morgan fingerprint density at radius 2 is 1.73 bits per heavy atom. The summed E-state index contributed by atoms with van der Waals surface area (Å²) in [5.74, 6) is -1.86. The molecule has 0 fully saturated rings. The fourth-order valence-electron chi connectivity index (χ4n) is 3.43. The molecule has 0 spiro atoms. The van der Waals surface area contributed by atoms with Gasteiger partial charge in [0.1, 0.15) is 18.5 Å². The third kappa shape index (κ3) is 4.46. The zero-order valence-electron chi connectivity index (χ0n) is 17.0. The maximum Gasteiger partial charge on any atom is 0.323 e. The molecule has 4 rings (SSSR count). The number of anilines is 1. The van der Waals surface area contributed by atoms with Crippen molar-refractivity contribution in [1.29, 1.82) is 0 Å². The zero-order valence-corrected chi connectivity index (χ0v) is 17.0. The van der Waals surface area contributed by atoms with Gasteiger partial charge in [-0.15, -0.1) is 0 Å². The number of non-ortho nitro benzene ring substituents is 1. The second-order valence-corrected chi connectivity index (χ2v) is 7.14. The smallest absolute Gasteiger partial charge is 0.323 e. The average molecular weight is 447 g/mol. The van der Waals surface area contributed by atoms with Gasteiger partial charge in [-0.3, -0.25) is 19.7 Å². The number of amides is 1. The number of carboxylic acids is 1. The minimum Gasteiger partial charge on any atom is -0.508 e. The topological polar surface area (TPSA) is 158 Å². The van der Waals surface area contributed by atoms with Crippen molar-refractivity contribution >= 4 is 34.6 Å². The molecule has 0 saturated heterocycles. The number of phenols is 1. The predicted molar refractivity (Wildman–Crippen MR) is 117 cm³/mol. The first-order valence-corrected chi connectivity index (χ1v) is 9.71. The van der Waals surface area contributed by atoms with Gasteiger partial charge in [0.05, 0.1) is 21.9 Å². The van der Waals surface area contributed by atoms with E-state index >= 15 is 0 Å².